The number of nitrogens with one attached hydrogen (secondary N) is 2. The van der Waals surface area contributed by atoms with Crippen LogP contribution in [0, 0.1) is 5.92 Å². The summed E-state index contributed by atoms with van der Waals surface area (Å²) in [5, 5.41) is 14.3. The van der Waals surface area contributed by atoms with Crippen LogP contribution in [-0.4, -0.2) is 33.8 Å². The Labute approximate surface area is 123 Å². The number of nitrogens with zero attached hydrogens (tertiary/aromatic N) is 3. The zero-order valence-electron chi connectivity index (χ0n) is 12.0. The molecule has 1 unspecified atom stereocenters. The van der Waals surface area contributed by atoms with Gasteiger partial charge < -0.3 is 15.2 Å². The predicted octanol–water partition coefficient (Wildman–Crippen LogP) is 1.51. The number of benzene rings is 1. The van der Waals surface area contributed by atoms with Crippen molar-refractivity contribution in [1.29, 1.82) is 0 Å². The van der Waals surface area contributed by atoms with E-state index in [2.05, 4.69) is 20.8 Å². The van der Waals surface area contributed by atoms with Gasteiger partial charge in [0, 0.05) is 24.3 Å². The van der Waals surface area contributed by atoms with Gasteiger partial charge in [0.25, 0.3) is 0 Å². The largest absolute Gasteiger partial charge is 0.326 e. The van der Waals surface area contributed by atoms with Crippen LogP contribution < -0.4 is 10.6 Å². The number of aryl methyl sites for hydroxylation is 1. The Morgan fingerprint density at radius 2 is 2.43 bits per heavy atom. The molecule has 3 rings (SSSR count). The van der Waals surface area contributed by atoms with Crippen molar-refractivity contribution < 1.29 is 4.79 Å². The van der Waals surface area contributed by atoms with E-state index in [1.807, 2.05) is 35.8 Å². The fourth-order valence-corrected chi connectivity index (χ4v) is 2.57. The molecule has 1 aliphatic heterocycles. The lowest BCUT2D eigenvalue weighted by Gasteiger charge is -2.11. The summed E-state index contributed by atoms with van der Waals surface area (Å²) in [5.74, 6) is 0.957. The molecule has 0 saturated carbocycles. The van der Waals surface area contributed by atoms with E-state index in [4.69, 9.17) is 0 Å². The van der Waals surface area contributed by atoms with Crippen molar-refractivity contribution in [3.05, 3.63) is 30.6 Å². The Morgan fingerprint density at radius 3 is 3.19 bits per heavy atom. The summed E-state index contributed by atoms with van der Waals surface area (Å²) in [6.07, 6.45) is 2.61. The van der Waals surface area contributed by atoms with Gasteiger partial charge in [-0.05, 0) is 32.0 Å². The van der Waals surface area contributed by atoms with Crippen molar-refractivity contribution in [2.45, 2.75) is 19.9 Å². The van der Waals surface area contributed by atoms with Crippen molar-refractivity contribution in [2.75, 3.05) is 18.4 Å². The first-order valence-corrected chi connectivity index (χ1v) is 7.27. The van der Waals surface area contributed by atoms with Crippen molar-refractivity contribution in [2.24, 2.45) is 5.92 Å². The Morgan fingerprint density at radius 1 is 1.52 bits per heavy atom. The smallest absolute Gasteiger partial charge is 0.228 e. The third-order valence-corrected chi connectivity index (χ3v) is 3.78. The molecule has 21 heavy (non-hydrogen) atoms. The fraction of sp³-hybridized carbons (Fsp3) is 0.400. The molecule has 0 bridgehead atoms. The van der Waals surface area contributed by atoms with Crippen LogP contribution in [0.2, 0.25) is 0 Å². The monoisotopic (exact) mass is 285 g/mol. The Kier molecular flexibility index (Phi) is 3.96. The minimum atomic E-state index is 0.0629. The van der Waals surface area contributed by atoms with Gasteiger partial charge in [0.1, 0.15) is 6.33 Å². The van der Waals surface area contributed by atoms with Crippen molar-refractivity contribution in [3.8, 4) is 11.4 Å². The third kappa shape index (κ3) is 2.95. The topological polar surface area (TPSA) is 71.8 Å². The molecule has 110 valence electrons. The minimum absolute atomic E-state index is 0.0629. The minimum Gasteiger partial charge on any atom is -0.326 e. The first-order chi connectivity index (χ1) is 10.3. The van der Waals surface area contributed by atoms with Crippen LogP contribution in [0.5, 0.6) is 0 Å². The van der Waals surface area contributed by atoms with E-state index in [0.29, 0.717) is 0 Å². The fourth-order valence-electron chi connectivity index (χ4n) is 2.57. The van der Waals surface area contributed by atoms with Gasteiger partial charge in [-0.25, -0.2) is 0 Å². The maximum absolute atomic E-state index is 12.2. The van der Waals surface area contributed by atoms with Crippen LogP contribution in [0.3, 0.4) is 0 Å². The van der Waals surface area contributed by atoms with Crippen LogP contribution in [0.25, 0.3) is 11.4 Å². The maximum atomic E-state index is 12.2. The predicted molar refractivity (Wildman–Crippen MR) is 80.7 cm³/mol. The van der Waals surface area contributed by atoms with E-state index in [1.165, 1.54) is 0 Å². The second kappa shape index (κ2) is 6.05. The quantitative estimate of drug-likeness (QED) is 0.893. The number of carbonyl (C=O) groups is 1. The molecule has 2 N–H and O–H groups in total. The summed E-state index contributed by atoms with van der Waals surface area (Å²) in [4.78, 5) is 12.2. The van der Waals surface area contributed by atoms with Crippen LogP contribution in [0.1, 0.15) is 13.3 Å². The molecule has 2 heterocycles. The van der Waals surface area contributed by atoms with E-state index in [9.17, 15) is 4.79 Å². The molecule has 1 aliphatic rings. The van der Waals surface area contributed by atoms with Crippen molar-refractivity contribution in [1.82, 2.24) is 20.1 Å². The Balaban J connectivity index is 1.78. The molecule has 6 heteroatoms. The van der Waals surface area contributed by atoms with E-state index < -0.39 is 0 Å². The highest BCUT2D eigenvalue weighted by Gasteiger charge is 2.22. The second-order valence-electron chi connectivity index (χ2n) is 5.20. The van der Waals surface area contributed by atoms with Gasteiger partial charge in [0.05, 0.1) is 5.92 Å². The lowest BCUT2D eigenvalue weighted by molar-refractivity contribution is -0.119. The summed E-state index contributed by atoms with van der Waals surface area (Å²) in [6.45, 7) is 4.53. The number of hydrogen-bond acceptors (Lipinski definition) is 4. The van der Waals surface area contributed by atoms with Gasteiger partial charge in [-0.3, -0.25) is 4.79 Å². The van der Waals surface area contributed by atoms with Gasteiger partial charge in [-0.1, -0.05) is 12.1 Å². The molecule has 0 spiro atoms. The molecule has 2 aromatic rings. The molecular weight excluding hydrogens is 266 g/mol. The SMILES string of the molecule is CCn1cnnc1-c1cccc(NC(=O)C2CCNC2)c1. The highest BCUT2D eigenvalue weighted by molar-refractivity contribution is 5.93. The molecule has 1 saturated heterocycles. The summed E-state index contributed by atoms with van der Waals surface area (Å²) in [5.41, 5.74) is 1.76. The average molecular weight is 285 g/mol. The molecule has 1 aromatic heterocycles. The molecule has 0 radical (unpaired) electrons. The summed E-state index contributed by atoms with van der Waals surface area (Å²) >= 11 is 0. The summed E-state index contributed by atoms with van der Waals surface area (Å²) in [6, 6.07) is 7.74. The normalized spacial score (nSPS) is 17.9. The van der Waals surface area contributed by atoms with Gasteiger partial charge in [0.2, 0.25) is 5.91 Å². The highest BCUT2D eigenvalue weighted by Crippen LogP contribution is 2.21. The molecular formula is C15H19N5O. The number of carbonyl (C=O) groups excluding carboxylic acids is 1. The number of amides is 1. The van der Waals surface area contributed by atoms with Crippen LogP contribution in [0.15, 0.2) is 30.6 Å². The first-order valence-electron chi connectivity index (χ1n) is 7.27. The summed E-state index contributed by atoms with van der Waals surface area (Å²) < 4.78 is 1.97. The van der Waals surface area contributed by atoms with Gasteiger partial charge in [-0.15, -0.1) is 10.2 Å². The van der Waals surface area contributed by atoms with Crippen LogP contribution in [-0.2, 0) is 11.3 Å². The van der Waals surface area contributed by atoms with Crippen molar-refractivity contribution in [3.63, 3.8) is 0 Å². The lowest BCUT2D eigenvalue weighted by Crippen LogP contribution is -2.24. The van der Waals surface area contributed by atoms with Gasteiger partial charge >= 0.3 is 0 Å². The van der Waals surface area contributed by atoms with Gasteiger partial charge in [-0.2, -0.15) is 0 Å². The molecule has 6 nitrogen and oxygen atoms in total. The highest BCUT2D eigenvalue weighted by atomic mass is 16.1. The zero-order valence-corrected chi connectivity index (χ0v) is 12.0. The second-order valence-corrected chi connectivity index (χ2v) is 5.20. The zero-order chi connectivity index (χ0) is 14.7. The Hall–Kier alpha value is -2.21. The lowest BCUT2D eigenvalue weighted by atomic mass is 10.1. The molecule has 1 fully saturated rings. The summed E-state index contributed by atoms with van der Waals surface area (Å²) in [7, 11) is 0. The molecule has 0 aliphatic carbocycles. The van der Waals surface area contributed by atoms with E-state index in [-0.39, 0.29) is 11.8 Å². The van der Waals surface area contributed by atoms with E-state index in [1.54, 1.807) is 6.33 Å². The van der Waals surface area contributed by atoms with Crippen LogP contribution in [0.4, 0.5) is 5.69 Å². The molecule has 1 aromatic carbocycles. The number of anilines is 1. The molecule has 1 atom stereocenters. The third-order valence-electron chi connectivity index (χ3n) is 3.78. The van der Waals surface area contributed by atoms with Gasteiger partial charge in [0.15, 0.2) is 5.82 Å². The van der Waals surface area contributed by atoms with Crippen molar-refractivity contribution >= 4 is 11.6 Å². The van der Waals surface area contributed by atoms with Crippen LogP contribution >= 0.6 is 0 Å². The number of hydrogen-bond donors (Lipinski definition) is 2. The average Bonchev–Trinajstić information content (AvgIpc) is 3.18. The number of rotatable bonds is 4. The van der Waals surface area contributed by atoms with E-state index >= 15 is 0 Å². The number of aromatic nitrogens is 3. The Bertz CT molecular complexity index is 630. The standard InChI is InChI=1S/C15H19N5O/c1-2-20-10-17-19-14(20)11-4-3-5-13(8-11)18-15(21)12-6-7-16-9-12/h3-5,8,10,12,16H,2,6-7,9H2,1H3,(H,18,21). The molecule has 1 amide bonds. The maximum Gasteiger partial charge on any atom is 0.228 e. The van der Waals surface area contributed by atoms with E-state index in [0.717, 1.165) is 43.1 Å². The first kappa shape index (κ1) is 13.8.